The van der Waals surface area contributed by atoms with Gasteiger partial charge in [0.1, 0.15) is 22.3 Å². The molecule has 5 aromatic heterocycles. The standard InChI is InChI=1S/C63H36N4O2S/c1-3-14-37(15-4-1)61-64-62(66-63(65-61)47-23-11-21-45-44-19-8-10-27-57(44)70-60(45)47)46-22-13-26-56-59(46)50-36-40(30-33-54(50)69-56)42-20-12-25-55-58(42)49-35-39(29-32-53(49)68-55)38-28-31-52-48(34-38)43-18-7-9-24-51(43)67(52)41-16-5-2-6-17-41/h1-36H. The monoisotopic (exact) mass is 912 g/mol. The van der Waals surface area contributed by atoms with E-state index in [0.29, 0.717) is 17.5 Å². The van der Waals surface area contributed by atoms with Crippen molar-refractivity contribution in [3.05, 3.63) is 218 Å². The van der Waals surface area contributed by atoms with E-state index in [1.807, 2.05) is 30.3 Å². The largest absolute Gasteiger partial charge is 0.456 e. The van der Waals surface area contributed by atoms with Crippen molar-refractivity contribution in [1.29, 1.82) is 0 Å². The van der Waals surface area contributed by atoms with Gasteiger partial charge in [0.2, 0.25) is 0 Å². The van der Waals surface area contributed by atoms with Crippen molar-refractivity contribution >= 4 is 97.2 Å². The molecular weight excluding hydrogens is 877 g/mol. The third-order valence-corrected chi connectivity index (χ3v) is 15.1. The molecule has 0 saturated carbocycles. The number of hydrogen-bond donors (Lipinski definition) is 0. The number of nitrogens with zero attached hydrogens (tertiary/aromatic N) is 4. The van der Waals surface area contributed by atoms with Crippen molar-refractivity contribution in [2.75, 3.05) is 0 Å². The molecule has 0 fully saturated rings. The molecule has 0 aliphatic carbocycles. The quantitative estimate of drug-likeness (QED) is 0.166. The third kappa shape index (κ3) is 5.95. The average Bonchev–Trinajstić information content (AvgIpc) is 4.19. The maximum atomic E-state index is 6.63. The van der Waals surface area contributed by atoms with Crippen LogP contribution in [0.15, 0.2) is 227 Å². The van der Waals surface area contributed by atoms with Crippen LogP contribution in [0.1, 0.15) is 0 Å². The summed E-state index contributed by atoms with van der Waals surface area (Å²) in [5, 5.41) is 8.92. The van der Waals surface area contributed by atoms with E-state index >= 15 is 0 Å². The third-order valence-electron chi connectivity index (χ3n) is 13.9. The minimum Gasteiger partial charge on any atom is -0.456 e. The molecule has 70 heavy (non-hydrogen) atoms. The number of furan rings is 2. The van der Waals surface area contributed by atoms with Crippen LogP contribution in [0, 0.1) is 0 Å². The lowest BCUT2D eigenvalue weighted by molar-refractivity contribution is 0.669. The van der Waals surface area contributed by atoms with E-state index in [4.69, 9.17) is 23.8 Å². The molecule has 0 N–H and O–H groups in total. The highest BCUT2D eigenvalue weighted by Crippen LogP contribution is 2.44. The van der Waals surface area contributed by atoms with Crippen LogP contribution in [0.2, 0.25) is 0 Å². The van der Waals surface area contributed by atoms with Crippen LogP contribution in [-0.2, 0) is 0 Å². The summed E-state index contributed by atoms with van der Waals surface area (Å²) in [5.41, 5.74) is 13.9. The summed E-state index contributed by atoms with van der Waals surface area (Å²) in [6.07, 6.45) is 0. The minimum atomic E-state index is 0.582. The first-order chi connectivity index (χ1) is 34.7. The van der Waals surface area contributed by atoms with E-state index in [-0.39, 0.29) is 0 Å². The van der Waals surface area contributed by atoms with Crippen LogP contribution < -0.4 is 0 Å². The fourth-order valence-electron chi connectivity index (χ4n) is 10.7. The second-order valence-electron chi connectivity index (χ2n) is 17.9. The lowest BCUT2D eigenvalue weighted by Crippen LogP contribution is -2.00. The van der Waals surface area contributed by atoms with Crippen LogP contribution in [0.5, 0.6) is 0 Å². The van der Waals surface area contributed by atoms with E-state index < -0.39 is 0 Å². The second-order valence-corrected chi connectivity index (χ2v) is 18.9. The first kappa shape index (κ1) is 38.9. The molecule has 0 bridgehead atoms. The first-order valence-electron chi connectivity index (χ1n) is 23.4. The molecule has 0 atom stereocenters. The minimum absolute atomic E-state index is 0.582. The van der Waals surface area contributed by atoms with Gasteiger partial charge in [0.05, 0.1) is 11.0 Å². The molecule has 0 aliphatic heterocycles. The molecule has 0 saturated heterocycles. The summed E-state index contributed by atoms with van der Waals surface area (Å²) in [6.45, 7) is 0. The van der Waals surface area contributed by atoms with Crippen LogP contribution in [0.3, 0.4) is 0 Å². The van der Waals surface area contributed by atoms with Gasteiger partial charge in [0.25, 0.3) is 0 Å². The van der Waals surface area contributed by atoms with Gasteiger partial charge >= 0.3 is 0 Å². The average molecular weight is 913 g/mol. The Labute approximate surface area is 404 Å². The molecule has 0 spiro atoms. The Kier molecular flexibility index (Phi) is 8.43. The Hall–Kier alpha value is -9.17. The van der Waals surface area contributed by atoms with Crippen molar-refractivity contribution in [1.82, 2.24) is 19.5 Å². The van der Waals surface area contributed by atoms with Crippen molar-refractivity contribution in [3.8, 4) is 62.1 Å². The second kappa shape index (κ2) is 15.2. The lowest BCUT2D eigenvalue weighted by Gasteiger charge is -2.10. The van der Waals surface area contributed by atoms with E-state index in [1.165, 1.54) is 37.3 Å². The molecule has 15 rings (SSSR count). The smallest absolute Gasteiger partial charge is 0.165 e. The zero-order valence-electron chi connectivity index (χ0n) is 37.3. The van der Waals surface area contributed by atoms with Gasteiger partial charge < -0.3 is 13.4 Å². The Morgan fingerprint density at radius 3 is 1.66 bits per heavy atom. The number of benzene rings is 10. The van der Waals surface area contributed by atoms with E-state index in [1.54, 1.807) is 11.3 Å². The molecular formula is C63H36N4O2S. The molecule has 5 heterocycles. The summed E-state index contributed by atoms with van der Waals surface area (Å²) in [5.74, 6) is 1.82. The molecule has 10 aromatic carbocycles. The van der Waals surface area contributed by atoms with Gasteiger partial charge in [-0.15, -0.1) is 11.3 Å². The van der Waals surface area contributed by atoms with Gasteiger partial charge in [0.15, 0.2) is 17.5 Å². The molecule has 0 aliphatic rings. The molecule has 0 radical (unpaired) electrons. The molecule has 15 aromatic rings. The van der Waals surface area contributed by atoms with E-state index in [9.17, 15) is 0 Å². The molecule has 0 unspecified atom stereocenters. The van der Waals surface area contributed by atoms with Crippen molar-refractivity contribution in [2.45, 2.75) is 0 Å². The lowest BCUT2D eigenvalue weighted by atomic mass is 9.95. The fraction of sp³-hybridized carbons (Fsp3) is 0. The summed E-state index contributed by atoms with van der Waals surface area (Å²) in [6, 6.07) is 76.7. The predicted molar refractivity (Wildman–Crippen MR) is 289 cm³/mol. The van der Waals surface area contributed by atoms with Crippen LogP contribution in [-0.4, -0.2) is 19.5 Å². The number of hydrogen-bond acceptors (Lipinski definition) is 6. The molecule has 326 valence electrons. The van der Waals surface area contributed by atoms with E-state index in [0.717, 1.165) is 93.2 Å². The van der Waals surface area contributed by atoms with Crippen LogP contribution in [0.4, 0.5) is 0 Å². The zero-order chi connectivity index (χ0) is 45.9. The number of thiophene rings is 1. The molecule has 6 nitrogen and oxygen atoms in total. The van der Waals surface area contributed by atoms with Gasteiger partial charge in [-0.3, -0.25) is 0 Å². The SMILES string of the molecule is c1ccc(-c2nc(-c3cccc4c3sc3ccccc34)nc(-c3cccc4oc5ccc(-c6cccc7oc8ccc(-c9ccc%10c(c9)c9ccccc9n%10-c9ccccc9)cc8c67)cc5c34)n2)cc1. The summed E-state index contributed by atoms with van der Waals surface area (Å²) in [4.78, 5) is 15.7. The zero-order valence-corrected chi connectivity index (χ0v) is 38.1. The molecule has 0 amide bonds. The Morgan fingerprint density at radius 2 is 0.871 bits per heavy atom. The van der Waals surface area contributed by atoms with Crippen molar-refractivity contribution < 1.29 is 8.83 Å². The summed E-state index contributed by atoms with van der Waals surface area (Å²) in [7, 11) is 0. The van der Waals surface area contributed by atoms with Crippen LogP contribution in [0.25, 0.3) is 148 Å². The topological polar surface area (TPSA) is 69.9 Å². The highest BCUT2D eigenvalue weighted by atomic mass is 32.1. The number of fused-ring (bicyclic) bond motifs is 12. The molecule has 7 heteroatoms. The van der Waals surface area contributed by atoms with Gasteiger partial charge in [-0.25, -0.2) is 15.0 Å². The van der Waals surface area contributed by atoms with Gasteiger partial charge in [-0.2, -0.15) is 0 Å². The van der Waals surface area contributed by atoms with Gasteiger partial charge in [-0.1, -0.05) is 140 Å². The van der Waals surface area contributed by atoms with Gasteiger partial charge in [-0.05, 0) is 101 Å². The van der Waals surface area contributed by atoms with E-state index in [2.05, 4.69) is 193 Å². The van der Waals surface area contributed by atoms with Crippen molar-refractivity contribution in [3.63, 3.8) is 0 Å². The number of aromatic nitrogens is 4. The normalized spacial score (nSPS) is 12.0. The summed E-state index contributed by atoms with van der Waals surface area (Å²) >= 11 is 1.77. The predicted octanol–water partition coefficient (Wildman–Crippen LogP) is 17.5. The number of rotatable bonds is 6. The first-order valence-corrected chi connectivity index (χ1v) is 24.2. The van der Waals surface area contributed by atoms with Gasteiger partial charge in [0, 0.05) is 74.9 Å². The Morgan fingerprint density at radius 1 is 0.329 bits per heavy atom. The van der Waals surface area contributed by atoms with Crippen LogP contribution >= 0.6 is 11.3 Å². The van der Waals surface area contributed by atoms with Crippen molar-refractivity contribution in [2.24, 2.45) is 0 Å². The fourth-order valence-corrected chi connectivity index (χ4v) is 11.9. The highest BCUT2D eigenvalue weighted by Gasteiger charge is 2.22. The number of para-hydroxylation sites is 2. The Bertz CT molecular complexity index is 4600. The highest BCUT2D eigenvalue weighted by molar-refractivity contribution is 7.26. The maximum Gasteiger partial charge on any atom is 0.165 e. The maximum absolute atomic E-state index is 6.63. The Balaban J connectivity index is 0.888. The summed E-state index contributed by atoms with van der Waals surface area (Å²) < 4.78 is 18.0.